The number of aliphatic hydroxyl groups is 2. The summed E-state index contributed by atoms with van der Waals surface area (Å²) in [7, 11) is 0. The smallest absolute Gasteiger partial charge is 0.220 e. The van der Waals surface area contributed by atoms with Crippen LogP contribution in [0.5, 0.6) is 0 Å². The fourth-order valence-electron chi connectivity index (χ4n) is 5.96. The van der Waals surface area contributed by atoms with E-state index in [1.807, 2.05) is 6.08 Å². The molecule has 0 aliphatic carbocycles. The highest BCUT2D eigenvalue weighted by atomic mass is 16.3. The van der Waals surface area contributed by atoms with E-state index in [4.69, 9.17) is 0 Å². The molecule has 2 atom stereocenters. The van der Waals surface area contributed by atoms with E-state index >= 15 is 0 Å². The van der Waals surface area contributed by atoms with Crippen molar-refractivity contribution in [3.05, 3.63) is 97.2 Å². The third kappa shape index (κ3) is 40.3. The highest BCUT2D eigenvalue weighted by molar-refractivity contribution is 5.76. The van der Waals surface area contributed by atoms with Gasteiger partial charge >= 0.3 is 0 Å². The second-order valence-electron chi connectivity index (χ2n) is 14.4. The van der Waals surface area contributed by atoms with Gasteiger partial charge in [-0.25, -0.2) is 0 Å². The van der Waals surface area contributed by atoms with Crippen molar-refractivity contribution in [2.24, 2.45) is 0 Å². The fraction of sp³-hybridized carbons (Fsp3) is 0.653. The Labute approximate surface area is 328 Å². The minimum absolute atomic E-state index is 0.103. The molecule has 0 radical (unpaired) electrons. The van der Waals surface area contributed by atoms with E-state index in [0.717, 1.165) is 89.9 Å². The van der Waals surface area contributed by atoms with E-state index < -0.39 is 12.1 Å². The first-order valence-electron chi connectivity index (χ1n) is 22.0. The van der Waals surface area contributed by atoms with Gasteiger partial charge in [0.25, 0.3) is 0 Å². The SMILES string of the molecule is CC/C=C\C/C=C\C/C=C\C/C=C\C/C=C\C/C=C\CCCCCCC(=O)NC(CO)C(O)/C=C/CC/C=C/CCCCCCCCCCCCCC. The van der Waals surface area contributed by atoms with Crippen molar-refractivity contribution in [1.82, 2.24) is 5.32 Å². The van der Waals surface area contributed by atoms with Crippen molar-refractivity contribution in [2.45, 2.75) is 199 Å². The number of allylic oxidation sites excluding steroid dienone is 15. The van der Waals surface area contributed by atoms with Crippen LogP contribution in [-0.4, -0.2) is 34.9 Å². The van der Waals surface area contributed by atoms with Crippen LogP contribution in [0.15, 0.2) is 97.2 Å². The lowest BCUT2D eigenvalue weighted by atomic mass is 10.0. The van der Waals surface area contributed by atoms with Crippen LogP contribution in [0, 0.1) is 0 Å². The molecule has 4 nitrogen and oxygen atoms in total. The summed E-state index contributed by atoms with van der Waals surface area (Å²) in [4.78, 5) is 12.4. The van der Waals surface area contributed by atoms with Crippen LogP contribution >= 0.6 is 0 Å². The number of aliphatic hydroxyl groups excluding tert-OH is 2. The quantitative estimate of drug-likeness (QED) is 0.0437. The average Bonchev–Trinajstić information content (AvgIpc) is 3.16. The molecule has 1 amide bonds. The lowest BCUT2D eigenvalue weighted by molar-refractivity contribution is -0.123. The van der Waals surface area contributed by atoms with E-state index in [0.29, 0.717) is 6.42 Å². The van der Waals surface area contributed by atoms with Crippen LogP contribution in [0.2, 0.25) is 0 Å². The Morgan fingerprint density at radius 3 is 1.32 bits per heavy atom. The molecule has 302 valence electrons. The van der Waals surface area contributed by atoms with Crippen molar-refractivity contribution in [3.8, 4) is 0 Å². The Bertz CT molecular complexity index is 1010. The summed E-state index contributed by atoms with van der Waals surface area (Å²) in [6, 6.07) is -0.659. The van der Waals surface area contributed by atoms with Crippen molar-refractivity contribution in [2.75, 3.05) is 6.61 Å². The molecule has 2 unspecified atom stereocenters. The Morgan fingerprint density at radius 1 is 0.472 bits per heavy atom. The topological polar surface area (TPSA) is 69.6 Å². The van der Waals surface area contributed by atoms with Gasteiger partial charge in [0, 0.05) is 6.42 Å². The molecule has 0 rings (SSSR count). The molecule has 4 heteroatoms. The molecule has 0 aromatic heterocycles. The fourth-order valence-corrected chi connectivity index (χ4v) is 5.96. The highest BCUT2D eigenvalue weighted by Crippen LogP contribution is 2.13. The van der Waals surface area contributed by atoms with Gasteiger partial charge in [0.05, 0.1) is 18.8 Å². The molecule has 53 heavy (non-hydrogen) atoms. The molecule has 0 aliphatic rings. The minimum atomic E-state index is -0.879. The van der Waals surface area contributed by atoms with Crippen molar-refractivity contribution < 1.29 is 15.0 Å². The van der Waals surface area contributed by atoms with Crippen LogP contribution in [-0.2, 0) is 4.79 Å². The number of carbonyl (C=O) groups is 1. The molecule has 0 aromatic carbocycles. The lowest BCUT2D eigenvalue weighted by Crippen LogP contribution is -2.45. The van der Waals surface area contributed by atoms with E-state index in [-0.39, 0.29) is 12.5 Å². The number of nitrogens with one attached hydrogen (secondary N) is 1. The van der Waals surface area contributed by atoms with Gasteiger partial charge in [-0.2, -0.15) is 0 Å². The molecule has 0 heterocycles. The maximum Gasteiger partial charge on any atom is 0.220 e. The maximum absolute atomic E-state index is 12.4. The molecular weight excluding hydrogens is 651 g/mol. The largest absolute Gasteiger partial charge is 0.394 e. The molecule has 3 N–H and O–H groups in total. The Balaban J connectivity index is 3.74. The summed E-state index contributed by atoms with van der Waals surface area (Å²) in [5, 5.41) is 23.0. The van der Waals surface area contributed by atoms with Crippen LogP contribution in [0.25, 0.3) is 0 Å². The standard InChI is InChI=1S/C49H83NO3/c1-3-5-7-9-11-13-15-17-19-21-23-24-25-26-27-29-31-33-35-37-39-41-43-45-49(53)50-47(46-51)48(52)44-42-40-38-36-34-32-30-28-22-20-18-16-14-12-10-8-6-4-2/h5,7,11,13,17,19,23-24,26-27,31,33-34,36,42,44,47-48,51-52H,3-4,6,8-10,12,14-16,18,20-22,25,28-30,32,35,37-41,43,45-46H2,1-2H3,(H,50,53)/b7-5-,13-11-,19-17-,24-23-,27-26-,33-31-,36-34+,44-42+. The summed E-state index contributed by atoms with van der Waals surface area (Å²) >= 11 is 0. The summed E-state index contributed by atoms with van der Waals surface area (Å²) < 4.78 is 0. The van der Waals surface area contributed by atoms with Crippen LogP contribution in [0.1, 0.15) is 187 Å². The number of rotatable bonds is 38. The van der Waals surface area contributed by atoms with Gasteiger partial charge in [-0.15, -0.1) is 0 Å². The molecule has 0 saturated carbocycles. The summed E-state index contributed by atoms with van der Waals surface area (Å²) in [6.45, 7) is 4.16. The number of carbonyl (C=O) groups excluding carboxylic acids is 1. The summed E-state index contributed by atoms with van der Waals surface area (Å²) in [5.41, 5.74) is 0. The average molecular weight is 734 g/mol. The van der Waals surface area contributed by atoms with Gasteiger partial charge in [0.2, 0.25) is 5.91 Å². The van der Waals surface area contributed by atoms with E-state index in [1.165, 1.54) is 77.0 Å². The number of hydrogen-bond acceptors (Lipinski definition) is 3. The second kappa shape index (κ2) is 43.7. The van der Waals surface area contributed by atoms with Crippen LogP contribution in [0.3, 0.4) is 0 Å². The molecule has 0 spiro atoms. The van der Waals surface area contributed by atoms with Gasteiger partial charge < -0.3 is 15.5 Å². The summed E-state index contributed by atoms with van der Waals surface area (Å²) in [5.74, 6) is -0.103. The van der Waals surface area contributed by atoms with Crippen molar-refractivity contribution >= 4 is 5.91 Å². The molecule has 0 aliphatic heterocycles. The zero-order valence-corrected chi connectivity index (χ0v) is 34.5. The van der Waals surface area contributed by atoms with E-state index in [1.54, 1.807) is 6.08 Å². The van der Waals surface area contributed by atoms with Crippen LogP contribution < -0.4 is 5.32 Å². The van der Waals surface area contributed by atoms with Gasteiger partial charge in [-0.3, -0.25) is 4.79 Å². The molecule has 0 fully saturated rings. The molecule has 0 bridgehead atoms. The molecular formula is C49H83NO3. The Hall–Kier alpha value is -2.69. The monoisotopic (exact) mass is 734 g/mol. The van der Waals surface area contributed by atoms with Gasteiger partial charge in [-0.1, -0.05) is 195 Å². The second-order valence-corrected chi connectivity index (χ2v) is 14.4. The van der Waals surface area contributed by atoms with Gasteiger partial charge in [0.15, 0.2) is 0 Å². The maximum atomic E-state index is 12.4. The molecule has 0 aromatic rings. The third-order valence-corrected chi connectivity index (χ3v) is 9.30. The minimum Gasteiger partial charge on any atom is -0.394 e. The first-order valence-corrected chi connectivity index (χ1v) is 22.0. The number of hydrogen-bond donors (Lipinski definition) is 3. The van der Waals surface area contributed by atoms with E-state index in [2.05, 4.69) is 104 Å². The first kappa shape index (κ1) is 50.3. The Kier molecular flexibility index (Phi) is 41.5. The van der Waals surface area contributed by atoms with Crippen molar-refractivity contribution in [1.29, 1.82) is 0 Å². The van der Waals surface area contributed by atoms with Crippen LogP contribution in [0.4, 0.5) is 0 Å². The molecule has 0 saturated heterocycles. The number of unbranched alkanes of at least 4 members (excludes halogenated alkanes) is 17. The van der Waals surface area contributed by atoms with E-state index in [9.17, 15) is 15.0 Å². The predicted molar refractivity (Wildman–Crippen MR) is 234 cm³/mol. The zero-order chi connectivity index (χ0) is 38.6. The summed E-state index contributed by atoms with van der Waals surface area (Å²) in [6.07, 6.45) is 65.1. The van der Waals surface area contributed by atoms with Crippen molar-refractivity contribution in [3.63, 3.8) is 0 Å². The zero-order valence-electron chi connectivity index (χ0n) is 34.5. The first-order chi connectivity index (χ1) is 26.2. The predicted octanol–water partition coefficient (Wildman–Crippen LogP) is 13.8. The third-order valence-electron chi connectivity index (χ3n) is 9.30. The number of amides is 1. The lowest BCUT2D eigenvalue weighted by Gasteiger charge is -2.19. The highest BCUT2D eigenvalue weighted by Gasteiger charge is 2.17. The normalized spacial score (nSPS) is 14.0. The van der Waals surface area contributed by atoms with Gasteiger partial charge in [-0.05, 0) is 83.5 Å². The Morgan fingerprint density at radius 2 is 0.849 bits per heavy atom. The van der Waals surface area contributed by atoms with Gasteiger partial charge in [0.1, 0.15) is 0 Å².